The number of carbonyl (C=O) groups excluding carboxylic acids is 1. The number of hydrogen-bond acceptors (Lipinski definition) is 5. The van der Waals surface area contributed by atoms with Gasteiger partial charge in [0.15, 0.2) is 0 Å². The minimum absolute atomic E-state index is 0.175. The lowest BCUT2D eigenvalue weighted by Gasteiger charge is -2.09. The zero-order chi connectivity index (χ0) is 20.1. The van der Waals surface area contributed by atoms with Crippen LogP contribution in [-0.2, 0) is 21.2 Å². The Hall–Kier alpha value is -2.52. The summed E-state index contributed by atoms with van der Waals surface area (Å²) in [6, 6.07) is 6.71. The highest BCUT2D eigenvalue weighted by atomic mass is 32.2. The highest BCUT2D eigenvalue weighted by molar-refractivity contribution is 7.89. The van der Waals surface area contributed by atoms with E-state index in [0.717, 1.165) is 24.2 Å². The molecular formula is C19H25N5O3S. The monoisotopic (exact) mass is 403 g/mol. The highest BCUT2D eigenvalue weighted by Gasteiger charge is 2.25. The summed E-state index contributed by atoms with van der Waals surface area (Å²) in [6.07, 6.45) is 7.78. The Balaban J connectivity index is 1.49. The molecule has 0 unspecified atom stereocenters. The summed E-state index contributed by atoms with van der Waals surface area (Å²) in [4.78, 5) is 12.2. The minimum atomic E-state index is -3.51. The van der Waals surface area contributed by atoms with Crippen LogP contribution in [0.15, 0.2) is 41.6 Å². The zero-order valence-corrected chi connectivity index (χ0v) is 16.8. The molecule has 1 aliphatic carbocycles. The third-order valence-corrected chi connectivity index (χ3v) is 5.92. The molecule has 2 N–H and O–H groups in total. The fourth-order valence-corrected chi connectivity index (χ4v) is 4.02. The van der Waals surface area contributed by atoms with Crippen molar-refractivity contribution >= 4 is 22.0 Å². The van der Waals surface area contributed by atoms with E-state index in [2.05, 4.69) is 24.8 Å². The third kappa shape index (κ3) is 5.49. The second kappa shape index (κ2) is 8.66. The van der Waals surface area contributed by atoms with Crippen molar-refractivity contribution < 1.29 is 13.2 Å². The molecule has 150 valence electrons. The molecule has 2 aromatic rings. The quantitative estimate of drug-likeness (QED) is 0.620. The van der Waals surface area contributed by atoms with Gasteiger partial charge >= 0.3 is 0 Å². The van der Waals surface area contributed by atoms with E-state index in [0.29, 0.717) is 19.0 Å². The lowest BCUT2D eigenvalue weighted by molar-refractivity contribution is -0.116. The zero-order valence-electron chi connectivity index (χ0n) is 16.0. The molecule has 1 aromatic heterocycles. The predicted octanol–water partition coefficient (Wildman–Crippen LogP) is 1.67. The maximum Gasteiger partial charge on any atom is 0.244 e. The van der Waals surface area contributed by atoms with E-state index in [1.165, 1.54) is 18.2 Å². The second-order valence-electron chi connectivity index (χ2n) is 7.10. The molecule has 1 fully saturated rings. The van der Waals surface area contributed by atoms with Crippen LogP contribution >= 0.6 is 0 Å². The van der Waals surface area contributed by atoms with Gasteiger partial charge in [-0.05, 0) is 50.5 Å². The minimum Gasteiger partial charge on any atom is -0.352 e. The van der Waals surface area contributed by atoms with Crippen LogP contribution in [0.4, 0.5) is 0 Å². The number of hydrogen-bond donors (Lipinski definition) is 2. The van der Waals surface area contributed by atoms with E-state index in [9.17, 15) is 13.2 Å². The van der Waals surface area contributed by atoms with Gasteiger partial charge < -0.3 is 9.88 Å². The Morgan fingerprint density at radius 1 is 1.29 bits per heavy atom. The van der Waals surface area contributed by atoms with Gasteiger partial charge in [-0.3, -0.25) is 4.79 Å². The molecule has 0 atom stereocenters. The highest BCUT2D eigenvalue weighted by Crippen LogP contribution is 2.35. The number of nitrogens with zero attached hydrogens (tertiary/aromatic N) is 3. The molecule has 28 heavy (non-hydrogen) atoms. The first-order chi connectivity index (χ1) is 13.3. The first-order valence-corrected chi connectivity index (χ1v) is 10.8. The molecule has 1 saturated carbocycles. The molecule has 8 nitrogen and oxygen atoms in total. The van der Waals surface area contributed by atoms with Crippen LogP contribution in [-0.4, -0.2) is 41.7 Å². The second-order valence-corrected chi connectivity index (χ2v) is 8.82. The van der Waals surface area contributed by atoms with Crippen LogP contribution in [0.5, 0.6) is 0 Å². The summed E-state index contributed by atoms with van der Waals surface area (Å²) < 4.78 is 28.8. The number of sulfonamides is 1. The van der Waals surface area contributed by atoms with Crippen molar-refractivity contribution in [2.45, 2.75) is 50.1 Å². The van der Waals surface area contributed by atoms with Gasteiger partial charge in [-0.1, -0.05) is 12.1 Å². The van der Waals surface area contributed by atoms with E-state index in [-0.39, 0.29) is 16.8 Å². The standard InChI is InChI=1S/C19H25N5O3S/c1-14(2)23-28(26,27)17-8-3-15(4-9-17)5-10-19(25)20-12-11-18-22-21-13-24(18)16-6-7-16/h3-5,8-10,13-14,16,23H,6-7,11-12H2,1-2H3,(H,20,25). The fourth-order valence-electron chi connectivity index (χ4n) is 2.77. The van der Waals surface area contributed by atoms with Crippen LogP contribution in [0.2, 0.25) is 0 Å². The molecule has 1 heterocycles. The third-order valence-electron chi connectivity index (χ3n) is 4.24. The average molecular weight is 404 g/mol. The number of nitrogens with one attached hydrogen (secondary N) is 2. The largest absolute Gasteiger partial charge is 0.352 e. The van der Waals surface area contributed by atoms with E-state index in [1.807, 2.05) is 0 Å². The van der Waals surface area contributed by atoms with E-state index < -0.39 is 10.0 Å². The van der Waals surface area contributed by atoms with Gasteiger partial charge in [-0.15, -0.1) is 10.2 Å². The van der Waals surface area contributed by atoms with Gasteiger partial charge in [-0.25, -0.2) is 13.1 Å². The normalized spacial score (nSPS) is 14.7. The molecule has 0 radical (unpaired) electrons. The van der Waals surface area contributed by atoms with Crippen LogP contribution in [0.25, 0.3) is 6.08 Å². The maximum atomic E-state index is 12.1. The van der Waals surface area contributed by atoms with Crippen LogP contribution in [0.1, 0.15) is 44.1 Å². The molecule has 9 heteroatoms. The Kier molecular flexibility index (Phi) is 6.25. The van der Waals surface area contributed by atoms with Crippen LogP contribution < -0.4 is 10.0 Å². The summed E-state index contributed by atoms with van der Waals surface area (Å²) in [5.74, 6) is 0.675. The van der Waals surface area contributed by atoms with Crippen molar-refractivity contribution in [3.63, 3.8) is 0 Å². The Morgan fingerprint density at radius 2 is 2.00 bits per heavy atom. The summed E-state index contributed by atoms with van der Waals surface area (Å²) in [5.41, 5.74) is 0.743. The smallest absolute Gasteiger partial charge is 0.244 e. The van der Waals surface area contributed by atoms with E-state index in [1.54, 1.807) is 38.4 Å². The predicted molar refractivity (Wildman–Crippen MR) is 106 cm³/mol. The van der Waals surface area contributed by atoms with Crippen LogP contribution in [0, 0.1) is 0 Å². The van der Waals surface area contributed by atoms with Gasteiger partial charge in [0.1, 0.15) is 12.2 Å². The van der Waals surface area contributed by atoms with Crippen molar-refractivity contribution in [2.24, 2.45) is 0 Å². The van der Waals surface area contributed by atoms with Crippen molar-refractivity contribution in [3.05, 3.63) is 48.1 Å². The first kappa shape index (κ1) is 20.2. The van der Waals surface area contributed by atoms with Gasteiger partial charge in [0.2, 0.25) is 15.9 Å². The number of carbonyl (C=O) groups is 1. The lowest BCUT2D eigenvalue weighted by Crippen LogP contribution is -2.30. The van der Waals surface area contributed by atoms with Crippen molar-refractivity contribution in [1.82, 2.24) is 24.8 Å². The SMILES string of the molecule is CC(C)NS(=O)(=O)c1ccc(C=CC(=O)NCCc2nncn2C2CC2)cc1. The average Bonchev–Trinajstić information content (AvgIpc) is 3.38. The number of benzene rings is 1. The number of amides is 1. The molecule has 0 spiro atoms. The van der Waals surface area contributed by atoms with Gasteiger partial charge in [0.25, 0.3) is 0 Å². The molecular weight excluding hydrogens is 378 g/mol. The topological polar surface area (TPSA) is 106 Å². The lowest BCUT2D eigenvalue weighted by atomic mass is 10.2. The van der Waals surface area contributed by atoms with E-state index in [4.69, 9.17) is 0 Å². The van der Waals surface area contributed by atoms with Gasteiger partial charge in [0, 0.05) is 31.1 Å². The molecule has 0 aliphatic heterocycles. The summed E-state index contributed by atoms with van der Waals surface area (Å²) in [5, 5.41) is 10.9. The Labute approximate surface area is 165 Å². The van der Waals surface area contributed by atoms with Crippen molar-refractivity contribution in [1.29, 1.82) is 0 Å². The van der Waals surface area contributed by atoms with E-state index >= 15 is 0 Å². The molecule has 0 saturated heterocycles. The summed E-state index contributed by atoms with van der Waals surface area (Å²) in [7, 11) is -3.51. The number of aromatic nitrogens is 3. The Bertz CT molecular complexity index is 944. The molecule has 3 rings (SSSR count). The summed E-state index contributed by atoms with van der Waals surface area (Å²) >= 11 is 0. The maximum absolute atomic E-state index is 12.1. The molecule has 1 aliphatic rings. The first-order valence-electron chi connectivity index (χ1n) is 9.32. The summed E-state index contributed by atoms with van der Waals surface area (Å²) in [6.45, 7) is 4.01. The van der Waals surface area contributed by atoms with Crippen LogP contribution in [0.3, 0.4) is 0 Å². The van der Waals surface area contributed by atoms with Crippen molar-refractivity contribution in [2.75, 3.05) is 6.54 Å². The molecule has 0 bridgehead atoms. The van der Waals surface area contributed by atoms with Gasteiger partial charge in [0.05, 0.1) is 4.90 Å². The van der Waals surface area contributed by atoms with Crippen molar-refractivity contribution in [3.8, 4) is 0 Å². The fraction of sp³-hybridized carbons (Fsp3) is 0.421. The van der Waals surface area contributed by atoms with Gasteiger partial charge in [-0.2, -0.15) is 0 Å². The number of rotatable bonds is 9. The molecule has 1 aromatic carbocycles. The molecule has 1 amide bonds. The Morgan fingerprint density at radius 3 is 2.64 bits per heavy atom.